The molecule has 0 aromatic heterocycles. The van der Waals surface area contributed by atoms with Crippen LogP contribution in [0.4, 0.5) is 0 Å². The lowest BCUT2D eigenvalue weighted by Crippen LogP contribution is -2.40. The quantitative estimate of drug-likeness (QED) is 0.269. The van der Waals surface area contributed by atoms with Gasteiger partial charge in [-0.3, -0.25) is 4.99 Å². The van der Waals surface area contributed by atoms with E-state index in [9.17, 15) is 5.11 Å². The van der Waals surface area contributed by atoms with Crippen LogP contribution in [0, 0.1) is 11.8 Å². The molecule has 2 N–H and O–H groups in total. The molecule has 1 aliphatic heterocycles. The van der Waals surface area contributed by atoms with Gasteiger partial charge in [0.05, 0.1) is 14.2 Å². The van der Waals surface area contributed by atoms with Crippen molar-refractivity contribution in [2.45, 2.75) is 46.0 Å². The maximum Gasteiger partial charge on any atom is 0.193 e. The number of ether oxygens (including phenoxy) is 2. The van der Waals surface area contributed by atoms with Crippen LogP contribution in [-0.4, -0.2) is 63.0 Å². The maximum atomic E-state index is 9.38. The summed E-state index contributed by atoms with van der Waals surface area (Å²) in [6, 6.07) is 6.14. The van der Waals surface area contributed by atoms with Crippen LogP contribution >= 0.6 is 24.0 Å². The van der Waals surface area contributed by atoms with Gasteiger partial charge in [0.1, 0.15) is 11.5 Å². The second-order valence-electron chi connectivity index (χ2n) is 8.28. The summed E-state index contributed by atoms with van der Waals surface area (Å²) in [6.45, 7) is 10.3. The van der Waals surface area contributed by atoms with E-state index in [1.54, 1.807) is 14.2 Å². The summed E-state index contributed by atoms with van der Waals surface area (Å²) >= 11 is 0. The van der Waals surface area contributed by atoms with Gasteiger partial charge < -0.3 is 24.8 Å². The second kappa shape index (κ2) is 14.0. The number of aliphatic hydroxyl groups excluding tert-OH is 1. The molecule has 0 amide bonds. The van der Waals surface area contributed by atoms with Crippen LogP contribution < -0.4 is 14.8 Å². The van der Waals surface area contributed by atoms with E-state index in [0.717, 1.165) is 62.9 Å². The van der Waals surface area contributed by atoms with Crippen molar-refractivity contribution in [3.05, 3.63) is 23.8 Å². The zero-order valence-electron chi connectivity index (χ0n) is 19.2. The molecule has 0 radical (unpaired) electrons. The molecule has 2 unspecified atom stereocenters. The Bertz CT molecular complexity index is 632. The van der Waals surface area contributed by atoms with Crippen LogP contribution in [0.25, 0.3) is 0 Å². The Labute approximate surface area is 199 Å². The van der Waals surface area contributed by atoms with Gasteiger partial charge in [0, 0.05) is 44.8 Å². The molecule has 7 heteroatoms. The molecule has 1 aromatic carbocycles. The van der Waals surface area contributed by atoms with E-state index in [-0.39, 0.29) is 30.6 Å². The summed E-state index contributed by atoms with van der Waals surface area (Å²) in [5.74, 6) is 4.11. The van der Waals surface area contributed by atoms with E-state index >= 15 is 0 Å². The Hall–Kier alpha value is -1.22. The van der Waals surface area contributed by atoms with Gasteiger partial charge in [-0.25, -0.2) is 0 Å². The van der Waals surface area contributed by atoms with Crippen LogP contribution in [0.5, 0.6) is 11.5 Å². The fraction of sp³-hybridized carbons (Fsp3) is 0.696. The van der Waals surface area contributed by atoms with Gasteiger partial charge in [0.15, 0.2) is 5.96 Å². The molecule has 0 bridgehead atoms. The molecule has 1 aromatic rings. The molecule has 172 valence electrons. The fourth-order valence-electron chi connectivity index (χ4n) is 4.06. The number of rotatable bonds is 10. The molecule has 0 spiro atoms. The summed E-state index contributed by atoms with van der Waals surface area (Å²) in [4.78, 5) is 7.29. The Balaban J connectivity index is 0.00000450. The van der Waals surface area contributed by atoms with Gasteiger partial charge in [0.2, 0.25) is 0 Å². The van der Waals surface area contributed by atoms with Crippen LogP contribution in [0.3, 0.4) is 0 Å². The number of hydrogen-bond donors (Lipinski definition) is 2. The molecule has 0 aliphatic carbocycles. The van der Waals surface area contributed by atoms with Crippen molar-refractivity contribution in [1.82, 2.24) is 10.2 Å². The predicted octanol–water partition coefficient (Wildman–Crippen LogP) is 4.12. The van der Waals surface area contributed by atoms with Gasteiger partial charge in [-0.2, -0.15) is 0 Å². The fourth-order valence-corrected chi connectivity index (χ4v) is 4.06. The Morgan fingerprint density at radius 1 is 1.23 bits per heavy atom. The van der Waals surface area contributed by atoms with Crippen molar-refractivity contribution >= 4 is 29.9 Å². The molecule has 1 saturated heterocycles. The van der Waals surface area contributed by atoms with Crippen molar-refractivity contribution in [3.8, 4) is 11.5 Å². The number of halogens is 1. The summed E-state index contributed by atoms with van der Waals surface area (Å²) in [7, 11) is 3.38. The third-order valence-corrected chi connectivity index (χ3v) is 5.51. The van der Waals surface area contributed by atoms with Crippen molar-refractivity contribution < 1.29 is 14.6 Å². The molecule has 6 nitrogen and oxygen atoms in total. The summed E-state index contributed by atoms with van der Waals surface area (Å²) in [5, 5.41) is 12.8. The van der Waals surface area contributed by atoms with Gasteiger partial charge >= 0.3 is 0 Å². The molecular weight excluding hydrogens is 493 g/mol. The highest BCUT2D eigenvalue weighted by Crippen LogP contribution is 2.33. The predicted molar refractivity (Wildman–Crippen MR) is 135 cm³/mol. The smallest absolute Gasteiger partial charge is 0.193 e. The Kier molecular flexibility index (Phi) is 12.5. The minimum Gasteiger partial charge on any atom is -0.497 e. The highest BCUT2D eigenvalue weighted by molar-refractivity contribution is 14.0. The van der Waals surface area contributed by atoms with E-state index in [1.807, 2.05) is 6.07 Å². The van der Waals surface area contributed by atoms with E-state index in [0.29, 0.717) is 17.8 Å². The minimum atomic E-state index is 0. The van der Waals surface area contributed by atoms with Crippen LogP contribution in [0.15, 0.2) is 23.2 Å². The lowest BCUT2D eigenvalue weighted by molar-refractivity contribution is 0.245. The molecule has 0 saturated carbocycles. The van der Waals surface area contributed by atoms with Crippen molar-refractivity contribution in [3.63, 3.8) is 0 Å². The molecular formula is C23H40IN3O3. The standard InChI is InChI=1S/C23H39N3O3.HI/c1-6-24-23(25-15-18(8-10-27)11-17(2)3)26-9-7-19(16-26)20-12-21(28-4)14-22(13-20)29-5;/h12-14,17-19,27H,6-11,15-16H2,1-5H3,(H,24,25);1H. The third kappa shape index (κ3) is 8.13. The zero-order chi connectivity index (χ0) is 21.2. The number of aliphatic imine (C=N–C) groups is 1. The topological polar surface area (TPSA) is 66.3 Å². The van der Waals surface area contributed by atoms with Gasteiger partial charge in [-0.1, -0.05) is 13.8 Å². The van der Waals surface area contributed by atoms with Gasteiger partial charge in [-0.15, -0.1) is 24.0 Å². The van der Waals surface area contributed by atoms with Crippen LogP contribution in [-0.2, 0) is 0 Å². The third-order valence-electron chi connectivity index (χ3n) is 5.51. The lowest BCUT2D eigenvalue weighted by atomic mass is 9.94. The highest BCUT2D eigenvalue weighted by Gasteiger charge is 2.27. The van der Waals surface area contributed by atoms with E-state index in [1.165, 1.54) is 5.56 Å². The molecule has 30 heavy (non-hydrogen) atoms. The van der Waals surface area contributed by atoms with Crippen molar-refractivity contribution in [1.29, 1.82) is 0 Å². The summed E-state index contributed by atoms with van der Waals surface area (Å²) in [5.41, 5.74) is 1.25. The number of methoxy groups -OCH3 is 2. The molecule has 2 rings (SSSR count). The Morgan fingerprint density at radius 3 is 2.43 bits per heavy atom. The average Bonchev–Trinajstić information content (AvgIpc) is 3.20. The molecule has 1 heterocycles. The first-order valence-corrected chi connectivity index (χ1v) is 10.9. The summed E-state index contributed by atoms with van der Waals surface area (Å²) < 4.78 is 10.9. The van der Waals surface area contributed by atoms with Crippen LogP contribution in [0.2, 0.25) is 0 Å². The van der Waals surface area contributed by atoms with Gasteiger partial charge in [-0.05, 0) is 55.7 Å². The highest BCUT2D eigenvalue weighted by atomic mass is 127. The zero-order valence-corrected chi connectivity index (χ0v) is 21.5. The second-order valence-corrected chi connectivity index (χ2v) is 8.28. The van der Waals surface area contributed by atoms with E-state index < -0.39 is 0 Å². The monoisotopic (exact) mass is 533 g/mol. The van der Waals surface area contributed by atoms with E-state index in [4.69, 9.17) is 14.5 Å². The SMILES string of the molecule is CCNC(=NCC(CCO)CC(C)C)N1CCC(c2cc(OC)cc(OC)c2)C1.I. The minimum absolute atomic E-state index is 0. The normalized spacial score (nSPS) is 17.6. The Morgan fingerprint density at radius 2 is 1.90 bits per heavy atom. The molecule has 1 fully saturated rings. The number of guanidine groups is 1. The first-order valence-electron chi connectivity index (χ1n) is 10.9. The van der Waals surface area contributed by atoms with E-state index in [2.05, 4.69) is 43.1 Å². The van der Waals surface area contributed by atoms with Crippen LogP contribution in [0.1, 0.15) is 51.5 Å². The number of hydrogen-bond acceptors (Lipinski definition) is 4. The maximum absolute atomic E-state index is 9.38. The first kappa shape index (κ1) is 26.8. The molecule has 2 atom stereocenters. The first-order chi connectivity index (χ1) is 14.0. The van der Waals surface area contributed by atoms with Crippen molar-refractivity contribution in [2.24, 2.45) is 16.8 Å². The number of benzene rings is 1. The number of likely N-dealkylation sites (tertiary alicyclic amines) is 1. The van der Waals surface area contributed by atoms with Crippen molar-refractivity contribution in [2.75, 3.05) is 47.0 Å². The number of nitrogens with zero attached hydrogens (tertiary/aromatic N) is 2. The molecule has 1 aliphatic rings. The number of nitrogens with one attached hydrogen (secondary N) is 1. The largest absolute Gasteiger partial charge is 0.497 e. The summed E-state index contributed by atoms with van der Waals surface area (Å²) in [6.07, 6.45) is 2.98. The lowest BCUT2D eigenvalue weighted by Gasteiger charge is -2.23. The average molecular weight is 533 g/mol. The van der Waals surface area contributed by atoms with Gasteiger partial charge in [0.25, 0.3) is 0 Å². The number of aliphatic hydroxyl groups is 1.